The third kappa shape index (κ3) is 3.03. The smallest absolute Gasteiger partial charge is 0.395 e. The van der Waals surface area contributed by atoms with Crippen molar-refractivity contribution in [2.75, 3.05) is 6.26 Å². The highest BCUT2D eigenvalue weighted by atomic mass is 32.2. The molecule has 0 unspecified atom stereocenters. The average molecular weight is 246 g/mol. The van der Waals surface area contributed by atoms with E-state index in [2.05, 4.69) is 0 Å². The van der Waals surface area contributed by atoms with E-state index in [4.69, 9.17) is 22.5 Å². The maximum absolute atomic E-state index is 10.3. The minimum absolute atomic E-state index is 0.278. The molecule has 1 aromatic rings. The topological polar surface area (TPSA) is 85.3 Å². The number of hydrogen-bond donors (Lipinski definition) is 1. The second-order valence-corrected chi connectivity index (χ2v) is 3.88. The number of thiocarbonyl (C=S) groups is 1. The summed E-state index contributed by atoms with van der Waals surface area (Å²) in [7, 11) is 0. The average Bonchev–Trinajstić information content (AvgIpc) is 2.65. The molecule has 2 N–H and O–H groups in total. The van der Waals surface area contributed by atoms with Gasteiger partial charge in [0.1, 0.15) is 4.92 Å². The predicted octanol–water partition coefficient (Wildman–Crippen LogP) is 1.14. The van der Waals surface area contributed by atoms with Crippen molar-refractivity contribution in [1.82, 2.24) is 0 Å². The Balaban J connectivity index is 2.89. The molecule has 0 aliphatic carbocycles. The van der Waals surface area contributed by atoms with Crippen molar-refractivity contribution in [1.29, 1.82) is 0 Å². The fourth-order valence-corrected chi connectivity index (χ4v) is 1.12. The maximum atomic E-state index is 10.3. The second kappa shape index (κ2) is 4.89. The number of rotatable bonds is 2. The lowest BCUT2D eigenvalue weighted by Crippen LogP contribution is -2.24. The first-order chi connectivity index (χ1) is 7.04. The van der Waals surface area contributed by atoms with Crippen LogP contribution in [0.2, 0.25) is 0 Å². The molecule has 1 rings (SSSR count). The van der Waals surface area contributed by atoms with Gasteiger partial charge in [-0.05, 0) is 24.1 Å². The van der Waals surface area contributed by atoms with Crippen molar-refractivity contribution < 1.29 is 14.0 Å². The molecule has 0 saturated heterocycles. The van der Waals surface area contributed by atoms with Crippen molar-refractivity contribution in [2.45, 2.75) is 0 Å². The van der Waals surface area contributed by atoms with Gasteiger partial charge in [0.05, 0.1) is 6.07 Å². The third-order valence-electron chi connectivity index (χ3n) is 1.44. The molecule has 0 aliphatic heterocycles. The summed E-state index contributed by atoms with van der Waals surface area (Å²) in [6.07, 6.45) is 3.16. The number of hydrazine groups is 1. The van der Waals surface area contributed by atoms with Gasteiger partial charge in [-0.3, -0.25) is 10.1 Å². The van der Waals surface area contributed by atoms with Crippen LogP contribution in [0.1, 0.15) is 5.76 Å². The molecule has 0 aromatic carbocycles. The molecule has 0 spiro atoms. The molecular weight excluding hydrogens is 238 g/mol. The zero-order chi connectivity index (χ0) is 11.4. The maximum Gasteiger partial charge on any atom is 0.433 e. The Labute approximate surface area is 94.9 Å². The molecule has 80 valence electrons. The summed E-state index contributed by atoms with van der Waals surface area (Å²) in [6, 6.07) is 2.70. The van der Waals surface area contributed by atoms with Gasteiger partial charge in [-0.15, -0.1) is 0 Å². The fraction of sp³-hybridized carbons (Fsp3) is 0.143. The van der Waals surface area contributed by atoms with E-state index in [0.717, 1.165) is 0 Å². The number of furan rings is 1. The number of nitrogens with two attached hydrogens (primary N) is 1. The van der Waals surface area contributed by atoms with E-state index in [9.17, 15) is 10.1 Å². The zero-order valence-corrected chi connectivity index (χ0v) is 9.38. The van der Waals surface area contributed by atoms with Crippen LogP contribution < -0.4 is 5.84 Å². The minimum atomic E-state index is -0.620. The monoisotopic (exact) mass is 246 g/mol. The van der Waals surface area contributed by atoms with Gasteiger partial charge in [0.25, 0.3) is 0 Å². The normalized spacial score (nSPS) is 11.4. The first-order valence-corrected chi connectivity index (χ1v) is 5.39. The van der Waals surface area contributed by atoms with Crippen LogP contribution in [0.5, 0.6) is 0 Å². The van der Waals surface area contributed by atoms with Gasteiger partial charge in [0.15, 0.2) is 0 Å². The lowest BCUT2D eigenvalue weighted by atomic mass is 10.5. The van der Waals surface area contributed by atoms with Gasteiger partial charge in [-0.25, -0.2) is 5.84 Å². The van der Waals surface area contributed by atoms with E-state index in [1.54, 1.807) is 6.26 Å². The van der Waals surface area contributed by atoms with E-state index in [1.807, 2.05) is 0 Å². The Morgan fingerprint density at radius 2 is 2.40 bits per heavy atom. The Morgan fingerprint density at radius 3 is 2.87 bits per heavy atom. The molecule has 0 aliphatic rings. The fourth-order valence-electron chi connectivity index (χ4n) is 0.805. The van der Waals surface area contributed by atoms with Crippen LogP contribution in [0.15, 0.2) is 16.5 Å². The first kappa shape index (κ1) is 11.7. The molecule has 0 bridgehead atoms. The van der Waals surface area contributed by atoms with Crippen LogP contribution in [-0.2, 0) is 0 Å². The van der Waals surface area contributed by atoms with E-state index in [0.29, 0.717) is 4.32 Å². The molecule has 0 atom stereocenters. The van der Waals surface area contributed by atoms with Crippen molar-refractivity contribution in [3.8, 4) is 0 Å². The predicted molar refractivity (Wildman–Crippen MR) is 61.1 cm³/mol. The highest BCUT2D eigenvalue weighted by Gasteiger charge is 2.14. The van der Waals surface area contributed by atoms with Gasteiger partial charge in [-0.2, -0.15) is 0 Å². The van der Waals surface area contributed by atoms with Crippen LogP contribution >= 0.6 is 24.0 Å². The molecule has 0 radical (unpaired) electrons. The molecule has 1 aromatic heterocycles. The number of hydrazone groups is 1. The number of nitro groups is 1. The quantitative estimate of drug-likeness (QED) is 0.210. The van der Waals surface area contributed by atoms with Gasteiger partial charge in [-0.1, -0.05) is 4.68 Å². The zero-order valence-electron chi connectivity index (χ0n) is 7.75. The van der Waals surface area contributed by atoms with Gasteiger partial charge >= 0.3 is 10.2 Å². The first-order valence-electron chi connectivity index (χ1n) is 3.75. The molecule has 8 heteroatoms. The standard InChI is InChI=1S/C7H8N3O3S2/c1-15-7(14)9(8)4-5-2-3-6(13-5)10(11)12/h2-4H,8H2,1H3/q+1/b9-4-. The summed E-state index contributed by atoms with van der Waals surface area (Å²) < 4.78 is 6.47. The van der Waals surface area contributed by atoms with Crippen LogP contribution in [0, 0.1) is 10.1 Å². The summed E-state index contributed by atoms with van der Waals surface area (Å²) in [5.41, 5.74) is 0. The Hall–Kier alpha value is -1.41. The summed E-state index contributed by atoms with van der Waals surface area (Å²) in [5.74, 6) is 5.48. The second-order valence-electron chi connectivity index (χ2n) is 2.44. The molecule has 0 saturated carbocycles. The molecular formula is C7H8N3O3S2+. The number of hydrogen-bond acceptors (Lipinski definition) is 6. The van der Waals surface area contributed by atoms with Crippen molar-refractivity contribution in [3.05, 3.63) is 28.0 Å². The molecule has 0 fully saturated rings. The number of thioether (sulfide) groups is 1. The van der Waals surface area contributed by atoms with E-state index in [-0.39, 0.29) is 11.6 Å². The summed E-state index contributed by atoms with van der Waals surface area (Å²) >= 11 is 6.18. The molecule has 6 nitrogen and oxygen atoms in total. The van der Waals surface area contributed by atoms with Crippen LogP contribution in [0.3, 0.4) is 0 Å². The summed E-state index contributed by atoms with van der Waals surface area (Å²) in [4.78, 5) is 9.69. The summed E-state index contributed by atoms with van der Waals surface area (Å²) in [5, 5.41) is 10.3. The van der Waals surface area contributed by atoms with E-state index in [1.165, 1.54) is 34.8 Å². The lowest BCUT2D eigenvalue weighted by molar-refractivity contribution is -0.407. The third-order valence-corrected chi connectivity index (χ3v) is 2.72. The summed E-state index contributed by atoms with van der Waals surface area (Å²) in [6.45, 7) is 0. The van der Waals surface area contributed by atoms with E-state index >= 15 is 0 Å². The highest BCUT2D eigenvalue weighted by molar-refractivity contribution is 8.22. The van der Waals surface area contributed by atoms with Crippen LogP contribution in [0.25, 0.3) is 0 Å². The van der Waals surface area contributed by atoms with Gasteiger partial charge in [0, 0.05) is 12.2 Å². The van der Waals surface area contributed by atoms with Crippen molar-refractivity contribution in [3.63, 3.8) is 0 Å². The van der Waals surface area contributed by atoms with Crippen molar-refractivity contribution in [2.24, 2.45) is 5.84 Å². The Morgan fingerprint density at radius 1 is 1.73 bits per heavy atom. The SMILES string of the molecule is CSC(=S)/[N+](N)=C/c1ccc([N+](=O)[O-])o1. The lowest BCUT2D eigenvalue weighted by Gasteiger charge is -1.89. The largest absolute Gasteiger partial charge is 0.433 e. The molecule has 1 heterocycles. The van der Waals surface area contributed by atoms with Crippen LogP contribution in [0.4, 0.5) is 5.88 Å². The Kier molecular flexibility index (Phi) is 3.81. The highest BCUT2D eigenvalue weighted by Crippen LogP contribution is 2.13. The Bertz CT molecular complexity index is 427. The van der Waals surface area contributed by atoms with Crippen molar-refractivity contribution >= 4 is 40.4 Å². The number of nitrogens with zero attached hydrogens (tertiary/aromatic N) is 2. The molecule has 0 amide bonds. The van der Waals surface area contributed by atoms with Gasteiger partial charge in [0.2, 0.25) is 12.0 Å². The minimum Gasteiger partial charge on any atom is -0.395 e. The molecule has 15 heavy (non-hydrogen) atoms. The van der Waals surface area contributed by atoms with Gasteiger partial charge < -0.3 is 4.42 Å². The van der Waals surface area contributed by atoms with Crippen LogP contribution in [-0.4, -0.2) is 26.4 Å². The van der Waals surface area contributed by atoms with E-state index < -0.39 is 4.92 Å².